The fourth-order valence-electron chi connectivity index (χ4n) is 3.36. The average Bonchev–Trinajstić information content (AvgIpc) is 3.31. The summed E-state index contributed by atoms with van der Waals surface area (Å²) in [6, 6.07) is 9.67. The molecule has 3 N–H and O–H groups in total. The Hall–Kier alpha value is -1.31. The molecule has 0 saturated carbocycles. The minimum Gasteiger partial charge on any atom is -0.355 e. The van der Waals surface area contributed by atoms with Gasteiger partial charge in [-0.3, -0.25) is 4.79 Å². The maximum absolute atomic E-state index is 12.2. The third-order valence-electron chi connectivity index (χ3n) is 4.81. The molecule has 1 aliphatic rings. The summed E-state index contributed by atoms with van der Waals surface area (Å²) in [5.41, 5.74) is 8.11. The summed E-state index contributed by atoms with van der Waals surface area (Å²) in [5, 5.41) is 2.95. The van der Waals surface area contributed by atoms with Gasteiger partial charge in [-0.25, -0.2) is 4.98 Å². The lowest BCUT2D eigenvalue weighted by Crippen LogP contribution is -2.42. The summed E-state index contributed by atoms with van der Waals surface area (Å²) in [6.45, 7) is 4.90. The molecule has 1 saturated heterocycles. The highest BCUT2D eigenvalue weighted by Crippen LogP contribution is 2.07. The molecule has 1 fully saturated rings. The smallest absolute Gasteiger partial charge is 0.237 e. The van der Waals surface area contributed by atoms with Crippen LogP contribution >= 0.6 is 37.2 Å². The van der Waals surface area contributed by atoms with E-state index >= 15 is 0 Å². The summed E-state index contributed by atoms with van der Waals surface area (Å²) in [7, 11) is 0. The van der Waals surface area contributed by atoms with E-state index in [2.05, 4.69) is 27.3 Å². The predicted molar refractivity (Wildman–Crippen MR) is 124 cm³/mol. The SMILES string of the molecule is Cl.Cl.Cl.N[C@@H](Cc1cn(Cc2ccccc2)cn1)C(=O)NCCCN1CCCC1. The minimum absolute atomic E-state index is 0. The van der Waals surface area contributed by atoms with Crippen molar-refractivity contribution in [1.82, 2.24) is 19.8 Å². The van der Waals surface area contributed by atoms with Gasteiger partial charge in [0, 0.05) is 25.7 Å². The normalized spacial score (nSPS) is 14.2. The number of benzene rings is 1. The third-order valence-corrected chi connectivity index (χ3v) is 4.81. The molecular weight excluding hydrogens is 433 g/mol. The quantitative estimate of drug-likeness (QED) is 0.559. The topological polar surface area (TPSA) is 76.2 Å². The van der Waals surface area contributed by atoms with Gasteiger partial charge in [0.05, 0.1) is 18.1 Å². The van der Waals surface area contributed by atoms with Crippen LogP contribution in [-0.2, 0) is 17.8 Å². The third kappa shape index (κ3) is 9.36. The molecule has 6 nitrogen and oxygen atoms in total. The molecular formula is C20H32Cl3N5O. The van der Waals surface area contributed by atoms with Crippen molar-refractivity contribution in [2.24, 2.45) is 5.73 Å². The fraction of sp³-hybridized carbons (Fsp3) is 0.500. The second-order valence-corrected chi connectivity index (χ2v) is 7.03. The van der Waals surface area contributed by atoms with E-state index in [0.717, 1.165) is 25.2 Å². The number of carbonyl (C=O) groups is 1. The van der Waals surface area contributed by atoms with E-state index in [1.54, 1.807) is 6.33 Å². The van der Waals surface area contributed by atoms with E-state index < -0.39 is 6.04 Å². The summed E-state index contributed by atoms with van der Waals surface area (Å²) in [5.74, 6) is -0.0935. The van der Waals surface area contributed by atoms with Gasteiger partial charge < -0.3 is 20.5 Å². The zero-order valence-electron chi connectivity index (χ0n) is 16.5. The monoisotopic (exact) mass is 463 g/mol. The number of likely N-dealkylation sites (tertiary alicyclic amines) is 1. The van der Waals surface area contributed by atoms with E-state index in [4.69, 9.17) is 5.73 Å². The Labute approximate surface area is 191 Å². The first-order chi connectivity index (χ1) is 12.7. The number of carbonyl (C=O) groups excluding carboxylic acids is 1. The molecule has 29 heavy (non-hydrogen) atoms. The first-order valence-electron chi connectivity index (χ1n) is 9.51. The number of nitrogens with two attached hydrogens (primary N) is 1. The lowest BCUT2D eigenvalue weighted by Gasteiger charge is -2.15. The number of aromatic nitrogens is 2. The van der Waals surface area contributed by atoms with Crippen molar-refractivity contribution < 1.29 is 4.79 Å². The van der Waals surface area contributed by atoms with Gasteiger partial charge in [0.25, 0.3) is 0 Å². The highest BCUT2D eigenvalue weighted by atomic mass is 35.5. The number of hydrogen-bond acceptors (Lipinski definition) is 4. The van der Waals surface area contributed by atoms with Gasteiger partial charge >= 0.3 is 0 Å². The zero-order valence-corrected chi connectivity index (χ0v) is 19.0. The summed E-state index contributed by atoms with van der Waals surface area (Å²) in [4.78, 5) is 19.0. The van der Waals surface area contributed by atoms with Crippen molar-refractivity contribution in [3.8, 4) is 0 Å². The van der Waals surface area contributed by atoms with Gasteiger partial charge in [0.15, 0.2) is 0 Å². The molecule has 9 heteroatoms. The van der Waals surface area contributed by atoms with Gasteiger partial charge in [-0.15, -0.1) is 37.2 Å². The number of hydrogen-bond donors (Lipinski definition) is 2. The fourth-order valence-corrected chi connectivity index (χ4v) is 3.36. The summed E-state index contributed by atoms with van der Waals surface area (Å²) < 4.78 is 2.02. The van der Waals surface area contributed by atoms with Crippen LogP contribution in [0.25, 0.3) is 0 Å². The molecule has 1 aliphatic heterocycles. The highest BCUT2D eigenvalue weighted by molar-refractivity contribution is 5.86. The van der Waals surface area contributed by atoms with E-state index in [1.165, 1.54) is 31.5 Å². The number of nitrogens with zero attached hydrogens (tertiary/aromatic N) is 3. The Bertz CT molecular complexity index is 692. The van der Waals surface area contributed by atoms with E-state index in [1.807, 2.05) is 29.0 Å². The second kappa shape index (κ2) is 14.6. The van der Waals surface area contributed by atoms with Gasteiger partial charge in [-0.1, -0.05) is 30.3 Å². The number of rotatable bonds is 9. The molecule has 3 rings (SSSR count). The van der Waals surface area contributed by atoms with Crippen molar-refractivity contribution in [2.45, 2.75) is 38.3 Å². The lowest BCUT2D eigenvalue weighted by atomic mass is 10.1. The van der Waals surface area contributed by atoms with E-state index in [0.29, 0.717) is 13.0 Å². The highest BCUT2D eigenvalue weighted by Gasteiger charge is 2.16. The first-order valence-corrected chi connectivity index (χ1v) is 9.51. The van der Waals surface area contributed by atoms with Crippen LogP contribution < -0.4 is 11.1 Å². The standard InChI is InChI=1S/C20H29N5O.3ClH/c21-19(20(26)22-9-6-12-24-10-4-5-11-24)13-18-15-25(16-23-18)14-17-7-2-1-3-8-17;;;/h1-3,7-8,15-16,19H,4-6,9-14,21H2,(H,22,26);3*1H/t19-;;;/m0.../s1. The maximum Gasteiger partial charge on any atom is 0.237 e. The van der Waals surface area contributed by atoms with Gasteiger partial charge in [0.1, 0.15) is 0 Å². The number of halogens is 3. The minimum atomic E-state index is -0.554. The Morgan fingerprint density at radius 3 is 2.52 bits per heavy atom. The van der Waals surface area contributed by atoms with Crippen molar-refractivity contribution >= 4 is 43.1 Å². The molecule has 164 valence electrons. The predicted octanol–water partition coefficient (Wildman–Crippen LogP) is 2.67. The Morgan fingerprint density at radius 1 is 1.14 bits per heavy atom. The molecule has 2 aromatic rings. The summed E-state index contributed by atoms with van der Waals surface area (Å²) in [6.07, 6.45) is 7.79. The molecule has 0 bridgehead atoms. The van der Waals surface area contributed by atoms with Gasteiger partial charge in [-0.05, 0) is 44.5 Å². The van der Waals surface area contributed by atoms with Crippen molar-refractivity contribution in [3.63, 3.8) is 0 Å². The molecule has 1 amide bonds. The first kappa shape index (κ1) is 27.7. The molecule has 0 spiro atoms. The molecule has 0 radical (unpaired) electrons. The molecule has 1 aromatic carbocycles. The zero-order chi connectivity index (χ0) is 18.2. The molecule has 1 atom stereocenters. The second-order valence-electron chi connectivity index (χ2n) is 7.03. The van der Waals surface area contributed by atoms with Crippen molar-refractivity contribution in [2.75, 3.05) is 26.2 Å². The van der Waals surface area contributed by atoms with E-state index in [9.17, 15) is 4.79 Å². The Kier molecular flexibility index (Phi) is 14.0. The van der Waals surface area contributed by atoms with Gasteiger partial charge in [-0.2, -0.15) is 0 Å². The van der Waals surface area contributed by atoms with E-state index in [-0.39, 0.29) is 43.1 Å². The van der Waals surface area contributed by atoms with Crippen LogP contribution in [-0.4, -0.2) is 52.6 Å². The van der Waals surface area contributed by atoms with Crippen LogP contribution in [0.5, 0.6) is 0 Å². The lowest BCUT2D eigenvalue weighted by molar-refractivity contribution is -0.122. The molecule has 0 unspecified atom stereocenters. The molecule has 2 heterocycles. The number of imidazole rings is 1. The van der Waals surface area contributed by atoms with Crippen LogP contribution in [0.1, 0.15) is 30.5 Å². The number of amides is 1. The largest absolute Gasteiger partial charge is 0.355 e. The van der Waals surface area contributed by atoms with Crippen LogP contribution in [0, 0.1) is 0 Å². The maximum atomic E-state index is 12.2. The Morgan fingerprint density at radius 2 is 1.83 bits per heavy atom. The Balaban J connectivity index is 0.00000261. The number of nitrogens with one attached hydrogen (secondary N) is 1. The van der Waals surface area contributed by atoms with Crippen molar-refractivity contribution in [1.29, 1.82) is 0 Å². The van der Waals surface area contributed by atoms with Crippen LogP contribution in [0.15, 0.2) is 42.9 Å². The van der Waals surface area contributed by atoms with Gasteiger partial charge in [0.2, 0.25) is 5.91 Å². The molecule has 0 aliphatic carbocycles. The van der Waals surface area contributed by atoms with Crippen molar-refractivity contribution in [3.05, 3.63) is 54.1 Å². The van der Waals surface area contributed by atoms with Crippen LogP contribution in [0.2, 0.25) is 0 Å². The van der Waals surface area contributed by atoms with Crippen LogP contribution in [0.3, 0.4) is 0 Å². The summed E-state index contributed by atoms with van der Waals surface area (Å²) >= 11 is 0. The average molecular weight is 465 g/mol. The molecule has 1 aromatic heterocycles. The van der Waals surface area contributed by atoms with Crippen LogP contribution in [0.4, 0.5) is 0 Å².